The van der Waals surface area contributed by atoms with Crippen molar-refractivity contribution in [2.75, 3.05) is 26.7 Å². The summed E-state index contributed by atoms with van der Waals surface area (Å²) in [7, 11) is -5.98. The minimum absolute atomic E-state index is 0.00541. The van der Waals surface area contributed by atoms with Gasteiger partial charge in [0.25, 0.3) is 0 Å². The van der Waals surface area contributed by atoms with Crippen molar-refractivity contribution in [3.63, 3.8) is 0 Å². The molecule has 0 bridgehead atoms. The van der Waals surface area contributed by atoms with E-state index < -0.39 is 20.0 Å². The number of hydrogen-bond acceptors (Lipinski definition) is 6. The van der Waals surface area contributed by atoms with Gasteiger partial charge in [-0.3, -0.25) is 4.79 Å². The maximum Gasteiger partial charge on any atom is 0.305 e. The fraction of sp³-hybridized carbons (Fsp3) is 0.562. The molecule has 0 unspecified atom stereocenters. The summed E-state index contributed by atoms with van der Waals surface area (Å²) in [5.41, 5.74) is 0. The van der Waals surface area contributed by atoms with Gasteiger partial charge in [-0.05, 0) is 49.9 Å². The largest absolute Gasteiger partial charge is 0.469 e. The summed E-state index contributed by atoms with van der Waals surface area (Å²) in [6.45, 7) is 1.18. The molecule has 1 aliphatic rings. The van der Waals surface area contributed by atoms with Gasteiger partial charge in [-0.1, -0.05) is 0 Å². The molecule has 0 amide bonds. The van der Waals surface area contributed by atoms with Crippen LogP contribution < -0.4 is 4.72 Å². The van der Waals surface area contributed by atoms with Gasteiger partial charge in [0.15, 0.2) is 0 Å². The molecule has 26 heavy (non-hydrogen) atoms. The van der Waals surface area contributed by atoms with Crippen molar-refractivity contribution in [3.8, 4) is 0 Å². The number of sulfonamides is 2. The van der Waals surface area contributed by atoms with Crippen LogP contribution in [0.4, 0.5) is 0 Å². The van der Waals surface area contributed by atoms with Gasteiger partial charge in [0.05, 0.1) is 16.9 Å². The van der Waals surface area contributed by atoms with Crippen LogP contribution in [0.5, 0.6) is 0 Å². The number of nitrogens with one attached hydrogen (secondary N) is 1. The van der Waals surface area contributed by atoms with Crippen LogP contribution in [0.3, 0.4) is 0 Å². The van der Waals surface area contributed by atoms with Gasteiger partial charge in [-0.25, -0.2) is 21.6 Å². The standard InChI is InChI=1S/C16H24N2O6S2/c1-24-16(19)6-2-3-11-17-25(20,21)14-7-9-15(10-8-14)26(22,23)18-12-4-5-13-18/h7-10,17H,2-6,11-13H2,1H3. The molecule has 0 atom stereocenters. The van der Waals surface area contributed by atoms with Crippen molar-refractivity contribution in [1.82, 2.24) is 9.03 Å². The summed E-state index contributed by atoms with van der Waals surface area (Å²) in [5, 5.41) is 0. The second kappa shape index (κ2) is 8.94. The van der Waals surface area contributed by atoms with Gasteiger partial charge >= 0.3 is 5.97 Å². The molecular weight excluding hydrogens is 380 g/mol. The summed E-state index contributed by atoms with van der Waals surface area (Å²) in [6, 6.07) is 5.22. The van der Waals surface area contributed by atoms with Gasteiger partial charge in [-0.2, -0.15) is 4.31 Å². The number of nitrogens with zero attached hydrogens (tertiary/aromatic N) is 1. The van der Waals surface area contributed by atoms with E-state index in [2.05, 4.69) is 9.46 Å². The first-order valence-corrected chi connectivity index (χ1v) is 11.4. The van der Waals surface area contributed by atoms with Crippen LogP contribution in [-0.4, -0.2) is 53.9 Å². The Bertz CT molecular complexity index is 813. The first-order chi connectivity index (χ1) is 12.3. The van der Waals surface area contributed by atoms with Gasteiger partial charge in [0, 0.05) is 26.1 Å². The van der Waals surface area contributed by atoms with Gasteiger partial charge < -0.3 is 4.74 Å². The van der Waals surface area contributed by atoms with Crippen molar-refractivity contribution in [1.29, 1.82) is 0 Å². The third-order valence-corrected chi connectivity index (χ3v) is 7.55. The summed E-state index contributed by atoms with van der Waals surface area (Å²) >= 11 is 0. The number of benzene rings is 1. The minimum Gasteiger partial charge on any atom is -0.469 e. The maximum absolute atomic E-state index is 12.4. The SMILES string of the molecule is COC(=O)CCCCNS(=O)(=O)c1ccc(S(=O)(=O)N2CCCC2)cc1. The van der Waals surface area contributed by atoms with Crippen LogP contribution in [0.1, 0.15) is 32.1 Å². The number of rotatable bonds is 9. The molecule has 0 saturated carbocycles. The molecule has 0 aliphatic carbocycles. The zero-order chi connectivity index (χ0) is 19.2. The zero-order valence-electron chi connectivity index (χ0n) is 14.7. The topological polar surface area (TPSA) is 110 Å². The Labute approximate surface area is 154 Å². The van der Waals surface area contributed by atoms with Crippen molar-refractivity contribution < 1.29 is 26.4 Å². The molecule has 10 heteroatoms. The van der Waals surface area contributed by atoms with Crippen LogP contribution >= 0.6 is 0 Å². The normalized spacial score (nSPS) is 15.9. The predicted octanol–water partition coefficient (Wildman–Crippen LogP) is 1.09. The van der Waals surface area contributed by atoms with E-state index in [1.807, 2.05) is 0 Å². The quantitative estimate of drug-likeness (QED) is 0.487. The summed E-state index contributed by atoms with van der Waals surface area (Å²) in [5.74, 6) is -0.331. The van der Waals surface area contributed by atoms with Crippen LogP contribution in [0.25, 0.3) is 0 Å². The molecule has 0 spiro atoms. The third kappa shape index (κ3) is 5.26. The maximum atomic E-state index is 12.4. The van der Waals surface area contributed by atoms with Crippen molar-refractivity contribution >= 4 is 26.0 Å². The molecule has 0 aromatic heterocycles. The number of methoxy groups -OCH3 is 1. The number of carbonyl (C=O) groups is 1. The Hall–Kier alpha value is -1.49. The summed E-state index contributed by atoms with van der Waals surface area (Å²) in [6.07, 6.45) is 2.93. The smallest absolute Gasteiger partial charge is 0.305 e. The molecule has 2 rings (SSSR count). The number of hydrogen-bond donors (Lipinski definition) is 1. The minimum atomic E-state index is -3.72. The highest BCUT2D eigenvalue weighted by Gasteiger charge is 2.27. The summed E-state index contributed by atoms with van der Waals surface area (Å²) < 4.78 is 57.7. The number of carbonyl (C=O) groups excluding carboxylic acids is 1. The highest BCUT2D eigenvalue weighted by atomic mass is 32.2. The first kappa shape index (κ1) is 20.8. The highest BCUT2D eigenvalue weighted by Crippen LogP contribution is 2.22. The van der Waals surface area contributed by atoms with Crippen LogP contribution in [0.15, 0.2) is 34.1 Å². The Morgan fingerprint density at radius 1 is 1.04 bits per heavy atom. The summed E-state index contributed by atoms with van der Waals surface area (Å²) in [4.78, 5) is 11.1. The number of esters is 1. The number of unbranched alkanes of at least 4 members (excludes halogenated alkanes) is 1. The van der Waals surface area contributed by atoms with Crippen LogP contribution in [0.2, 0.25) is 0 Å². The van der Waals surface area contributed by atoms with E-state index in [9.17, 15) is 21.6 Å². The second-order valence-electron chi connectivity index (χ2n) is 6.01. The van der Waals surface area contributed by atoms with E-state index in [1.165, 1.54) is 35.7 Å². The van der Waals surface area contributed by atoms with E-state index in [0.717, 1.165) is 12.8 Å². The fourth-order valence-corrected chi connectivity index (χ4v) is 5.25. The highest BCUT2D eigenvalue weighted by molar-refractivity contribution is 7.89. The van der Waals surface area contributed by atoms with Crippen LogP contribution in [-0.2, 0) is 29.6 Å². The van der Waals surface area contributed by atoms with E-state index in [0.29, 0.717) is 25.9 Å². The Morgan fingerprint density at radius 3 is 2.19 bits per heavy atom. The van der Waals surface area contributed by atoms with Crippen LogP contribution in [0, 0.1) is 0 Å². The molecule has 1 fully saturated rings. The fourth-order valence-electron chi connectivity index (χ4n) is 2.65. The molecule has 1 heterocycles. The van der Waals surface area contributed by atoms with Gasteiger partial charge in [0.2, 0.25) is 20.0 Å². The van der Waals surface area contributed by atoms with Gasteiger partial charge in [-0.15, -0.1) is 0 Å². The van der Waals surface area contributed by atoms with Gasteiger partial charge in [0.1, 0.15) is 0 Å². The third-order valence-electron chi connectivity index (χ3n) is 4.16. The van der Waals surface area contributed by atoms with E-state index in [4.69, 9.17) is 0 Å². The second-order valence-corrected chi connectivity index (χ2v) is 9.72. The zero-order valence-corrected chi connectivity index (χ0v) is 16.3. The molecule has 1 N–H and O–H groups in total. The number of ether oxygens (including phenoxy) is 1. The Kier molecular flexibility index (Phi) is 7.16. The predicted molar refractivity (Wildman–Crippen MR) is 95.5 cm³/mol. The molecule has 146 valence electrons. The molecule has 0 radical (unpaired) electrons. The average molecular weight is 405 g/mol. The molecule has 1 aliphatic heterocycles. The van der Waals surface area contributed by atoms with E-state index >= 15 is 0 Å². The lowest BCUT2D eigenvalue weighted by Crippen LogP contribution is -2.28. The molecule has 1 saturated heterocycles. The van der Waals surface area contributed by atoms with Crippen molar-refractivity contribution in [2.24, 2.45) is 0 Å². The Balaban J connectivity index is 1.95. The molecule has 1 aromatic carbocycles. The first-order valence-electron chi connectivity index (χ1n) is 8.44. The average Bonchev–Trinajstić information content (AvgIpc) is 3.16. The molecule has 1 aromatic rings. The molecular formula is C16H24N2O6S2. The lowest BCUT2D eigenvalue weighted by atomic mass is 10.2. The Morgan fingerprint density at radius 2 is 1.62 bits per heavy atom. The van der Waals surface area contributed by atoms with Crippen molar-refractivity contribution in [3.05, 3.63) is 24.3 Å². The van der Waals surface area contributed by atoms with Crippen molar-refractivity contribution in [2.45, 2.75) is 41.9 Å². The molecule has 8 nitrogen and oxygen atoms in total. The monoisotopic (exact) mass is 404 g/mol. The van der Waals surface area contributed by atoms with E-state index in [-0.39, 0.29) is 28.7 Å². The lowest BCUT2D eigenvalue weighted by Gasteiger charge is -2.15. The van der Waals surface area contributed by atoms with E-state index in [1.54, 1.807) is 0 Å². The lowest BCUT2D eigenvalue weighted by molar-refractivity contribution is -0.140.